The molecule has 1 aliphatic carbocycles. The van der Waals surface area contributed by atoms with Gasteiger partial charge in [-0.3, -0.25) is 4.90 Å². The van der Waals surface area contributed by atoms with Crippen molar-refractivity contribution in [1.29, 1.82) is 0 Å². The van der Waals surface area contributed by atoms with E-state index in [-0.39, 0.29) is 0 Å². The van der Waals surface area contributed by atoms with Crippen molar-refractivity contribution in [2.24, 2.45) is 0 Å². The Balaban J connectivity index is 1.49. The number of halogens is 2. The van der Waals surface area contributed by atoms with Crippen molar-refractivity contribution in [3.63, 3.8) is 0 Å². The number of nitrogens with zero attached hydrogens (tertiary/aromatic N) is 3. The highest BCUT2D eigenvalue weighted by atomic mass is 19.1. The highest BCUT2D eigenvalue weighted by Crippen LogP contribution is 2.38. The first-order valence-corrected chi connectivity index (χ1v) is 7.20. The lowest BCUT2D eigenvalue weighted by atomic mass is 9.99. The van der Waals surface area contributed by atoms with Gasteiger partial charge in [0.2, 0.25) is 5.89 Å². The Bertz CT molecular complexity index is 682. The maximum atomic E-state index is 13.7. The van der Waals surface area contributed by atoms with E-state index in [9.17, 15) is 8.78 Å². The molecule has 0 atom stereocenters. The van der Waals surface area contributed by atoms with Gasteiger partial charge in [0.15, 0.2) is 5.82 Å². The zero-order chi connectivity index (χ0) is 14.4. The molecule has 0 bridgehead atoms. The highest BCUT2D eigenvalue weighted by molar-refractivity contribution is 5.31. The van der Waals surface area contributed by atoms with Gasteiger partial charge in [-0.05, 0) is 36.5 Å². The second kappa shape index (κ2) is 4.87. The number of hydrogen-bond acceptors (Lipinski definition) is 4. The monoisotopic (exact) mass is 291 g/mol. The molecule has 1 aromatic carbocycles. The van der Waals surface area contributed by atoms with Gasteiger partial charge >= 0.3 is 0 Å². The summed E-state index contributed by atoms with van der Waals surface area (Å²) in [6.07, 6.45) is 2.84. The molecule has 0 amide bonds. The summed E-state index contributed by atoms with van der Waals surface area (Å²) >= 11 is 0. The Morgan fingerprint density at radius 2 is 2.14 bits per heavy atom. The molecule has 0 spiro atoms. The molecular formula is C15H15F2N3O. The summed E-state index contributed by atoms with van der Waals surface area (Å²) in [5, 5.41) is 3.98. The molecule has 4 rings (SSSR count). The van der Waals surface area contributed by atoms with E-state index in [4.69, 9.17) is 4.52 Å². The number of hydrogen-bond donors (Lipinski definition) is 0. The smallest absolute Gasteiger partial charge is 0.240 e. The second-order valence-electron chi connectivity index (χ2n) is 5.81. The predicted octanol–water partition coefficient (Wildman–Crippen LogP) is 2.78. The topological polar surface area (TPSA) is 42.2 Å². The van der Waals surface area contributed by atoms with E-state index in [1.165, 1.54) is 6.07 Å². The van der Waals surface area contributed by atoms with Crippen LogP contribution >= 0.6 is 0 Å². The van der Waals surface area contributed by atoms with Gasteiger partial charge in [-0.2, -0.15) is 4.98 Å². The molecule has 0 saturated heterocycles. The van der Waals surface area contributed by atoms with Crippen LogP contribution in [0.1, 0.15) is 41.6 Å². The molecule has 21 heavy (non-hydrogen) atoms. The maximum Gasteiger partial charge on any atom is 0.240 e. The molecule has 4 nitrogen and oxygen atoms in total. The molecule has 0 unspecified atom stereocenters. The third-order valence-corrected chi connectivity index (χ3v) is 4.11. The summed E-state index contributed by atoms with van der Waals surface area (Å²) < 4.78 is 32.2. The van der Waals surface area contributed by atoms with E-state index < -0.39 is 11.6 Å². The summed E-state index contributed by atoms with van der Waals surface area (Å²) in [6, 6.07) is 2.36. The molecule has 2 heterocycles. The van der Waals surface area contributed by atoms with Crippen LogP contribution in [0, 0.1) is 11.6 Å². The number of fused-ring (bicyclic) bond motifs is 1. The molecule has 2 aromatic rings. The molecule has 1 aromatic heterocycles. The lowest BCUT2D eigenvalue weighted by Crippen LogP contribution is -2.31. The molecule has 110 valence electrons. The first kappa shape index (κ1) is 12.9. The lowest BCUT2D eigenvalue weighted by Gasteiger charge is -2.27. The normalized spacial score (nSPS) is 18.8. The molecule has 1 aliphatic heterocycles. The first-order chi connectivity index (χ1) is 10.2. The number of rotatable bonds is 3. The van der Waals surface area contributed by atoms with Gasteiger partial charge in [-0.15, -0.1) is 0 Å². The Hall–Kier alpha value is -1.82. The van der Waals surface area contributed by atoms with Crippen molar-refractivity contribution in [2.75, 3.05) is 6.54 Å². The van der Waals surface area contributed by atoms with Crippen LogP contribution in [0.25, 0.3) is 0 Å². The van der Waals surface area contributed by atoms with Crippen molar-refractivity contribution in [3.8, 4) is 0 Å². The summed E-state index contributed by atoms with van der Waals surface area (Å²) in [4.78, 5) is 6.46. The van der Waals surface area contributed by atoms with Gasteiger partial charge in [-0.1, -0.05) is 5.16 Å². The van der Waals surface area contributed by atoms with Crippen LogP contribution in [-0.4, -0.2) is 21.6 Å². The van der Waals surface area contributed by atoms with E-state index in [0.29, 0.717) is 49.0 Å². The maximum absolute atomic E-state index is 13.7. The quantitative estimate of drug-likeness (QED) is 0.872. The van der Waals surface area contributed by atoms with E-state index in [2.05, 4.69) is 15.0 Å². The molecular weight excluding hydrogens is 276 g/mol. The number of aromatic nitrogens is 2. The Kier molecular flexibility index (Phi) is 2.99. The van der Waals surface area contributed by atoms with Crippen LogP contribution < -0.4 is 0 Å². The molecule has 6 heteroatoms. The molecule has 0 radical (unpaired) electrons. The van der Waals surface area contributed by atoms with E-state index in [1.807, 2.05) is 0 Å². The summed E-state index contributed by atoms with van der Waals surface area (Å²) in [5.74, 6) is 0.866. The van der Waals surface area contributed by atoms with E-state index in [1.54, 1.807) is 0 Å². The zero-order valence-corrected chi connectivity index (χ0v) is 11.5. The number of benzene rings is 1. The van der Waals surface area contributed by atoms with Gasteiger partial charge in [0, 0.05) is 25.1 Å². The molecule has 0 N–H and O–H groups in total. The van der Waals surface area contributed by atoms with Gasteiger partial charge in [0.05, 0.1) is 6.54 Å². The molecule has 2 aliphatic rings. The van der Waals surface area contributed by atoms with E-state index in [0.717, 1.165) is 24.7 Å². The van der Waals surface area contributed by atoms with Crippen LogP contribution in [0.4, 0.5) is 8.78 Å². The minimum absolute atomic E-state index is 0.446. The van der Waals surface area contributed by atoms with Crippen molar-refractivity contribution in [2.45, 2.75) is 38.3 Å². The summed E-state index contributed by atoms with van der Waals surface area (Å²) in [7, 11) is 0. The van der Waals surface area contributed by atoms with Crippen LogP contribution in [0.5, 0.6) is 0 Å². The lowest BCUT2D eigenvalue weighted by molar-refractivity contribution is 0.208. The fraction of sp³-hybridized carbons (Fsp3) is 0.467. The fourth-order valence-electron chi connectivity index (χ4n) is 2.83. The Morgan fingerprint density at radius 1 is 1.29 bits per heavy atom. The average Bonchev–Trinajstić information content (AvgIpc) is 3.19. The first-order valence-electron chi connectivity index (χ1n) is 7.20. The SMILES string of the molecule is Fc1cc(F)c2c(c1)CN(Cc1nc(C3CC3)no1)CC2. The average molecular weight is 291 g/mol. The third-order valence-electron chi connectivity index (χ3n) is 4.11. The van der Waals surface area contributed by atoms with Gasteiger partial charge < -0.3 is 4.52 Å². The summed E-state index contributed by atoms with van der Waals surface area (Å²) in [6.45, 7) is 1.74. The summed E-state index contributed by atoms with van der Waals surface area (Å²) in [5.41, 5.74) is 1.33. The van der Waals surface area contributed by atoms with Crippen molar-refractivity contribution >= 4 is 0 Å². The second-order valence-corrected chi connectivity index (χ2v) is 5.81. The van der Waals surface area contributed by atoms with Crippen molar-refractivity contribution in [3.05, 3.63) is 46.6 Å². The minimum Gasteiger partial charge on any atom is -0.338 e. The zero-order valence-electron chi connectivity index (χ0n) is 11.5. The van der Waals surface area contributed by atoms with Gasteiger partial charge in [0.25, 0.3) is 0 Å². The molecule has 1 fully saturated rings. The fourth-order valence-corrected chi connectivity index (χ4v) is 2.83. The van der Waals surface area contributed by atoms with Crippen molar-refractivity contribution < 1.29 is 13.3 Å². The van der Waals surface area contributed by atoms with Gasteiger partial charge in [0.1, 0.15) is 11.6 Å². The van der Waals surface area contributed by atoms with Gasteiger partial charge in [-0.25, -0.2) is 8.78 Å². The Labute approximate surface area is 120 Å². The van der Waals surface area contributed by atoms with Crippen LogP contribution in [0.15, 0.2) is 16.7 Å². The minimum atomic E-state index is -0.526. The molecule has 1 saturated carbocycles. The third kappa shape index (κ3) is 2.55. The van der Waals surface area contributed by atoms with Crippen LogP contribution in [0.2, 0.25) is 0 Å². The van der Waals surface area contributed by atoms with Crippen LogP contribution in [-0.2, 0) is 19.5 Å². The largest absolute Gasteiger partial charge is 0.338 e. The standard InChI is InChI=1S/C15H15F2N3O/c16-11-5-10-7-20(4-3-12(10)13(17)6-11)8-14-18-15(19-21-14)9-1-2-9/h5-6,9H,1-4,7-8H2. The van der Waals surface area contributed by atoms with Crippen LogP contribution in [0.3, 0.4) is 0 Å². The van der Waals surface area contributed by atoms with Crippen molar-refractivity contribution in [1.82, 2.24) is 15.0 Å². The Morgan fingerprint density at radius 3 is 2.95 bits per heavy atom. The highest BCUT2D eigenvalue weighted by Gasteiger charge is 2.29. The van der Waals surface area contributed by atoms with E-state index >= 15 is 0 Å². The predicted molar refractivity (Wildman–Crippen MR) is 70.4 cm³/mol.